The van der Waals surface area contributed by atoms with Crippen molar-refractivity contribution in [2.24, 2.45) is 5.73 Å². The van der Waals surface area contributed by atoms with Gasteiger partial charge in [0.05, 0.1) is 10.4 Å². The number of sulfonamides is 1. The number of nitrogens with two attached hydrogens (primary N) is 1. The van der Waals surface area contributed by atoms with Crippen LogP contribution in [0, 0.1) is 20.8 Å². The summed E-state index contributed by atoms with van der Waals surface area (Å²) in [4.78, 5) is 12.5. The maximum absolute atomic E-state index is 12.6. The SMILES string of the molecule is Cc1cc(C)c(S(=O)(=O)NCCC(=O)NC2(CN)CCCC2)c(C)c1.Cl. The van der Waals surface area contributed by atoms with Gasteiger partial charge in [0.2, 0.25) is 15.9 Å². The van der Waals surface area contributed by atoms with Crippen molar-refractivity contribution in [1.82, 2.24) is 10.0 Å². The van der Waals surface area contributed by atoms with Crippen LogP contribution in [-0.4, -0.2) is 33.0 Å². The molecule has 0 aromatic heterocycles. The largest absolute Gasteiger partial charge is 0.349 e. The minimum Gasteiger partial charge on any atom is -0.349 e. The first-order valence-corrected chi connectivity index (χ1v) is 10.3. The molecule has 0 bridgehead atoms. The fourth-order valence-corrected chi connectivity index (χ4v) is 5.23. The first-order valence-electron chi connectivity index (χ1n) is 8.78. The summed E-state index contributed by atoms with van der Waals surface area (Å²) in [6, 6.07) is 3.69. The number of amides is 1. The molecule has 1 amide bonds. The normalized spacial score (nSPS) is 16.2. The van der Waals surface area contributed by atoms with Crippen molar-refractivity contribution in [1.29, 1.82) is 0 Å². The average Bonchev–Trinajstić information content (AvgIpc) is 2.94. The Bertz CT molecular complexity index is 721. The van der Waals surface area contributed by atoms with E-state index in [2.05, 4.69) is 10.0 Å². The molecule has 8 heteroatoms. The van der Waals surface area contributed by atoms with Crippen molar-refractivity contribution in [3.8, 4) is 0 Å². The maximum Gasteiger partial charge on any atom is 0.241 e. The molecule has 1 aliphatic carbocycles. The molecule has 0 radical (unpaired) electrons. The van der Waals surface area contributed by atoms with E-state index in [-0.39, 0.29) is 36.8 Å². The van der Waals surface area contributed by atoms with Crippen molar-refractivity contribution < 1.29 is 13.2 Å². The zero-order chi connectivity index (χ0) is 18.7. The van der Waals surface area contributed by atoms with Crippen LogP contribution in [-0.2, 0) is 14.8 Å². The predicted octanol–water partition coefficient (Wildman–Crippen LogP) is 2.09. The van der Waals surface area contributed by atoms with E-state index in [0.29, 0.717) is 22.6 Å². The number of carbonyl (C=O) groups excluding carboxylic acids is 1. The second kappa shape index (κ2) is 9.17. The zero-order valence-electron chi connectivity index (χ0n) is 15.7. The van der Waals surface area contributed by atoms with Gasteiger partial charge in [0.25, 0.3) is 0 Å². The molecule has 0 saturated heterocycles. The second-order valence-corrected chi connectivity index (χ2v) is 8.82. The molecule has 4 N–H and O–H groups in total. The molecule has 0 atom stereocenters. The minimum atomic E-state index is -3.64. The van der Waals surface area contributed by atoms with E-state index in [9.17, 15) is 13.2 Å². The van der Waals surface area contributed by atoms with Crippen LogP contribution in [0.25, 0.3) is 0 Å². The summed E-state index contributed by atoms with van der Waals surface area (Å²) >= 11 is 0. The minimum absolute atomic E-state index is 0. The molecule has 0 spiro atoms. The lowest BCUT2D eigenvalue weighted by Gasteiger charge is -2.28. The third-order valence-electron chi connectivity index (χ3n) is 4.87. The Labute approximate surface area is 162 Å². The summed E-state index contributed by atoms with van der Waals surface area (Å²) in [6.45, 7) is 6.00. The molecular formula is C18H30ClN3O3S. The smallest absolute Gasteiger partial charge is 0.241 e. The highest BCUT2D eigenvalue weighted by molar-refractivity contribution is 7.89. The van der Waals surface area contributed by atoms with Crippen LogP contribution in [0.4, 0.5) is 0 Å². The average molecular weight is 404 g/mol. The summed E-state index contributed by atoms with van der Waals surface area (Å²) in [5.41, 5.74) is 7.95. The Hall–Kier alpha value is -1.15. The maximum atomic E-state index is 12.6. The van der Waals surface area contributed by atoms with Crippen molar-refractivity contribution >= 4 is 28.3 Å². The highest BCUT2D eigenvalue weighted by Gasteiger charge is 2.33. The van der Waals surface area contributed by atoms with E-state index in [0.717, 1.165) is 31.2 Å². The van der Waals surface area contributed by atoms with Gasteiger partial charge in [0.15, 0.2) is 0 Å². The fourth-order valence-electron chi connectivity index (χ4n) is 3.75. The van der Waals surface area contributed by atoms with E-state index < -0.39 is 10.0 Å². The van der Waals surface area contributed by atoms with Gasteiger partial charge in [-0.25, -0.2) is 13.1 Å². The van der Waals surface area contributed by atoms with E-state index in [1.807, 2.05) is 19.1 Å². The molecule has 148 valence electrons. The van der Waals surface area contributed by atoms with Gasteiger partial charge in [-0.3, -0.25) is 4.79 Å². The van der Waals surface area contributed by atoms with Crippen molar-refractivity contribution in [2.75, 3.05) is 13.1 Å². The van der Waals surface area contributed by atoms with Crippen molar-refractivity contribution in [2.45, 2.75) is 63.3 Å². The van der Waals surface area contributed by atoms with Crippen LogP contribution < -0.4 is 15.8 Å². The van der Waals surface area contributed by atoms with Crippen LogP contribution >= 0.6 is 12.4 Å². The monoisotopic (exact) mass is 403 g/mol. The van der Waals surface area contributed by atoms with E-state index in [1.165, 1.54) is 0 Å². The Balaban J connectivity index is 0.00000338. The number of hydrogen-bond donors (Lipinski definition) is 3. The zero-order valence-corrected chi connectivity index (χ0v) is 17.4. The standard InChI is InChI=1S/C18H29N3O3S.ClH/c1-13-10-14(2)17(15(3)11-13)25(23,24)20-9-6-16(22)21-18(12-19)7-4-5-8-18;/h10-11,20H,4-9,12,19H2,1-3H3,(H,21,22);1H. The van der Waals surface area contributed by atoms with Crippen molar-refractivity contribution in [3.05, 3.63) is 28.8 Å². The first kappa shape index (κ1) is 22.9. The Morgan fingerprint density at radius 3 is 2.19 bits per heavy atom. The number of benzene rings is 1. The molecule has 0 unspecified atom stereocenters. The lowest BCUT2D eigenvalue weighted by Crippen LogP contribution is -2.52. The van der Waals surface area contributed by atoms with Gasteiger partial charge in [-0.1, -0.05) is 30.5 Å². The van der Waals surface area contributed by atoms with Gasteiger partial charge in [0.1, 0.15) is 0 Å². The molecule has 6 nitrogen and oxygen atoms in total. The number of hydrogen-bond acceptors (Lipinski definition) is 4. The summed E-state index contributed by atoms with van der Waals surface area (Å²) in [6.07, 6.45) is 4.02. The van der Waals surface area contributed by atoms with Crippen LogP contribution in [0.3, 0.4) is 0 Å². The molecule has 0 heterocycles. The molecule has 2 rings (SSSR count). The lowest BCUT2D eigenvalue weighted by atomic mass is 9.97. The van der Waals surface area contributed by atoms with Gasteiger partial charge < -0.3 is 11.1 Å². The van der Waals surface area contributed by atoms with Gasteiger partial charge >= 0.3 is 0 Å². The predicted molar refractivity (Wildman–Crippen MR) is 106 cm³/mol. The molecule has 26 heavy (non-hydrogen) atoms. The van der Waals surface area contributed by atoms with Gasteiger partial charge in [0, 0.05) is 19.5 Å². The molecule has 1 fully saturated rings. The van der Waals surface area contributed by atoms with E-state index in [1.54, 1.807) is 13.8 Å². The van der Waals surface area contributed by atoms with Crippen LogP contribution in [0.1, 0.15) is 48.8 Å². The Morgan fingerprint density at radius 2 is 1.69 bits per heavy atom. The van der Waals surface area contributed by atoms with E-state index in [4.69, 9.17) is 5.73 Å². The summed E-state index contributed by atoms with van der Waals surface area (Å²) in [5, 5.41) is 3.00. The second-order valence-electron chi connectivity index (χ2n) is 7.12. The summed E-state index contributed by atoms with van der Waals surface area (Å²) in [5.74, 6) is -0.160. The Morgan fingerprint density at radius 1 is 1.15 bits per heavy atom. The quantitative estimate of drug-likeness (QED) is 0.648. The highest BCUT2D eigenvalue weighted by Crippen LogP contribution is 2.28. The molecule has 1 aliphatic rings. The molecule has 1 aromatic carbocycles. The third-order valence-corrected chi connectivity index (χ3v) is 6.64. The first-order chi connectivity index (χ1) is 11.7. The summed E-state index contributed by atoms with van der Waals surface area (Å²) in [7, 11) is -3.64. The topological polar surface area (TPSA) is 101 Å². The number of rotatable bonds is 7. The van der Waals surface area contributed by atoms with Crippen LogP contribution in [0.2, 0.25) is 0 Å². The number of aryl methyl sites for hydroxylation is 3. The van der Waals surface area contributed by atoms with Crippen molar-refractivity contribution in [3.63, 3.8) is 0 Å². The Kier molecular flexibility index (Phi) is 8.07. The molecule has 0 aliphatic heterocycles. The molecular weight excluding hydrogens is 374 g/mol. The highest BCUT2D eigenvalue weighted by atomic mass is 35.5. The number of carbonyl (C=O) groups is 1. The fraction of sp³-hybridized carbons (Fsp3) is 0.611. The van der Waals surface area contributed by atoms with E-state index >= 15 is 0 Å². The van der Waals surface area contributed by atoms with Gasteiger partial charge in [-0.15, -0.1) is 12.4 Å². The van der Waals surface area contributed by atoms with Crippen LogP contribution in [0.5, 0.6) is 0 Å². The number of halogens is 1. The van der Waals surface area contributed by atoms with Gasteiger partial charge in [-0.2, -0.15) is 0 Å². The van der Waals surface area contributed by atoms with Crippen LogP contribution in [0.15, 0.2) is 17.0 Å². The molecule has 1 saturated carbocycles. The third kappa shape index (κ3) is 5.42. The van der Waals surface area contributed by atoms with Gasteiger partial charge in [-0.05, 0) is 44.7 Å². The number of nitrogens with one attached hydrogen (secondary N) is 2. The molecule has 1 aromatic rings. The summed E-state index contributed by atoms with van der Waals surface area (Å²) < 4.78 is 27.7. The lowest BCUT2D eigenvalue weighted by molar-refractivity contribution is -0.122.